The molecule has 1 rings (SSSR count). The molecule has 0 aliphatic heterocycles. The molecule has 0 N–H and O–H groups in total. The van der Waals surface area contributed by atoms with Gasteiger partial charge >= 0.3 is 5.97 Å². The van der Waals surface area contributed by atoms with E-state index >= 15 is 0 Å². The van der Waals surface area contributed by atoms with E-state index in [0.717, 1.165) is 5.56 Å². The fourth-order valence-electron chi connectivity index (χ4n) is 1.41. The second kappa shape index (κ2) is 5.25. The first-order chi connectivity index (χ1) is 7.95. The second-order valence-corrected chi connectivity index (χ2v) is 3.61. The van der Waals surface area contributed by atoms with Gasteiger partial charge < -0.3 is 4.74 Å². The van der Waals surface area contributed by atoms with Crippen LogP contribution in [0.2, 0.25) is 0 Å². The average Bonchev–Trinajstić information content (AvgIpc) is 2.28. The first-order valence-corrected chi connectivity index (χ1v) is 4.97. The third kappa shape index (κ3) is 3.14. The van der Waals surface area contributed by atoms with Crippen LogP contribution < -0.4 is 0 Å². The van der Waals surface area contributed by atoms with Gasteiger partial charge in [-0.15, -0.1) is 0 Å². The molecule has 0 fully saturated rings. The van der Waals surface area contributed by atoms with Crippen molar-refractivity contribution in [3.8, 4) is 0 Å². The molecule has 5 nitrogen and oxygen atoms in total. The van der Waals surface area contributed by atoms with Crippen molar-refractivity contribution in [3.63, 3.8) is 0 Å². The van der Waals surface area contributed by atoms with Crippen molar-refractivity contribution in [2.75, 3.05) is 7.11 Å². The molecule has 5 heteroatoms. The number of carbonyl (C=O) groups is 1. The summed E-state index contributed by atoms with van der Waals surface area (Å²) in [4.78, 5) is 21.3. The second-order valence-electron chi connectivity index (χ2n) is 3.61. The van der Waals surface area contributed by atoms with E-state index < -0.39 is 10.9 Å². The van der Waals surface area contributed by atoms with E-state index in [1.165, 1.54) is 20.1 Å². The maximum Gasteiger partial charge on any atom is 0.338 e. The summed E-state index contributed by atoms with van der Waals surface area (Å²) in [6.45, 7) is 3.18. The minimum Gasteiger partial charge on any atom is -0.465 e. The highest BCUT2D eigenvalue weighted by Gasteiger charge is 2.09. The lowest BCUT2D eigenvalue weighted by Gasteiger charge is -2.04. The van der Waals surface area contributed by atoms with Gasteiger partial charge in [-0.1, -0.05) is 12.1 Å². The van der Waals surface area contributed by atoms with E-state index in [9.17, 15) is 14.9 Å². The fraction of sp³-hybridized carbons (Fsp3) is 0.250. The summed E-state index contributed by atoms with van der Waals surface area (Å²) in [6, 6.07) is 4.95. The Labute approximate surface area is 98.9 Å². The van der Waals surface area contributed by atoms with Crippen LogP contribution in [0, 0.1) is 17.0 Å². The van der Waals surface area contributed by atoms with Crippen LogP contribution >= 0.6 is 0 Å². The van der Waals surface area contributed by atoms with Gasteiger partial charge in [-0.05, 0) is 24.1 Å². The molecular weight excluding hydrogens is 222 g/mol. The van der Waals surface area contributed by atoms with Crippen molar-refractivity contribution in [2.45, 2.75) is 13.8 Å². The van der Waals surface area contributed by atoms with Crippen molar-refractivity contribution in [1.82, 2.24) is 0 Å². The Kier molecular flexibility index (Phi) is 3.98. The number of allylic oxidation sites excluding steroid dienone is 1. The zero-order valence-electron chi connectivity index (χ0n) is 9.89. The van der Waals surface area contributed by atoms with Crippen LogP contribution in [0.15, 0.2) is 23.9 Å². The van der Waals surface area contributed by atoms with Gasteiger partial charge in [0.15, 0.2) is 0 Å². The third-order valence-corrected chi connectivity index (χ3v) is 2.32. The van der Waals surface area contributed by atoms with Gasteiger partial charge in [0.2, 0.25) is 5.70 Å². The van der Waals surface area contributed by atoms with E-state index in [0.29, 0.717) is 11.1 Å². The number of nitrogens with zero attached hydrogens (tertiary/aromatic N) is 1. The predicted molar refractivity (Wildman–Crippen MR) is 63.2 cm³/mol. The Morgan fingerprint density at radius 2 is 2.12 bits per heavy atom. The highest BCUT2D eigenvalue weighted by atomic mass is 16.6. The van der Waals surface area contributed by atoms with Gasteiger partial charge in [0.05, 0.1) is 17.6 Å². The first kappa shape index (κ1) is 12.9. The molecule has 0 spiro atoms. The van der Waals surface area contributed by atoms with Crippen molar-refractivity contribution < 1.29 is 14.5 Å². The quantitative estimate of drug-likeness (QED) is 0.458. The van der Waals surface area contributed by atoms with Crippen LogP contribution in [0.25, 0.3) is 6.08 Å². The molecule has 1 aromatic rings. The van der Waals surface area contributed by atoms with Crippen molar-refractivity contribution in [1.29, 1.82) is 0 Å². The third-order valence-electron chi connectivity index (χ3n) is 2.32. The molecular formula is C12H13NO4. The maximum absolute atomic E-state index is 11.3. The van der Waals surface area contributed by atoms with E-state index in [4.69, 9.17) is 0 Å². The van der Waals surface area contributed by atoms with Gasteiger partial charge in [0, 0.05) is 13.0 Å². The average molecular weight is 235 g/mol. The highest BCUT2D eigenvalue weighted by molar-refractivity contribution is 5.91. The minimum atomic E-state index is -0.455. The lowest BCUT2D eigenvalue weighted by Crippen LogP contribution is -2.03. The van der Waals surface area contributed by atoms with Crippen molar-refractivity contribution >= 4 is 12.0 Å². The van der Waals surface area contributed by atoms with Crippen LogP contribution in [0.3, 0.4) is 0 Å². The van der Waals surface area contributed by atoms with Gasteiger partial charge in [-0.3, -0.25) is 10.1 Å². The number of methoxy groups -OCH3 is 1. The van der Waals surface area contributed by atoms with E-state index in [1.807, 2.05) is 0 Å². The molecule has 0 unspecified atom stereocenters. The molecule has 0 heterocycles. The number of hydrogen-bond acceptors (Lipinski definition) is 4. The number of aryl methyl sites for hydroxylation is 1. The summed E-state index contributed by atoms with van der Waals surface area (Å²) >= 11 is 0. The molecule has 0 bridgehead atoms. The Bertz CT molecular complexity index is 491. The van der Waals surface area contributed by atoms with E-state index in [1.54, 1.807) is 25.1 Å². The number of ether oxygens (including phenoxy) is 1. The number of hydrogen-bond donors (Lipinski definition) is 0. The number of esters is 1. The zero-order chi connectivity index (χ0) is 13.0. The number of nitro groups is 1. The van der Waals surface area contributed by atoms with Gasteiger partial charge in [-0.25, -0.2) is 4.79 Å². The SMILES string of the molecule is COC(=O)c1ccc(/C=C(\C)[N+](=O)[O-])cc1C. The molecule has 0 aliphatic rings. The molecule has 0 radical (unpaired) electrons. The summed E-state index contributed by atoms with van der Waals surface area (Å²) in [5.74, 6) is -0.413. The van der Waals surface area contributed by atoms with Gasteiger partial charge in [0.25, 0.3) is 0 Å². The van der Waals surface area contributed by atoms with Crippen LogP contribution in [0.1, 0.15) is 28.4 Å². The van der Waals surface area contributed by atoms with E-state index in [2.05, 4.69) is 4.74 Å². The van der Waals surface area contributed by atoms with Crippen LogP contribution in [-0.4, -0.2) is 18.0 Å². The van der Waals surface area contributed by atoms with Crippen LogP contribution in [-0.2, 0) is 4.74 Å². The van der Waals surface area contributed by atoms with Crippen molar-refractivity contribution in [3.05, 3.63) is 50.7 Å². The van der Waals surface area contributed by atoms with Gasteiger partial charge in [-0.2, -0.15) is 0 Å². The monoisotopic (exact) mass is 235 g/mol. The summed E-state index contributed by atoms with van der Waals surface area (Å²) in [7, 11) is 1.31. The molecule has 0 amide bonds. The summed E-state index contributed by atoms with van der Waals surface area (Å²) in [5, 5.41) is 10.5. The molecule has 0 atom stereocenters. The van der Waals surface area contributed by atoms with Crippen LogP contribution in [0.5, 0.6) is 0 Å². The minimum absolute atomic E-state index is 0.0511. The Hall–Kier alpha value is -2.17. The van der Waals surface area contributed by atoms with E-state index in [-0.39, 0.29) is 5.70 Å². The maximum atomic E-state index is 11.3. The Morgan fingerprint density at radius 3 is 2.59 bits per heavy atom. The Morgan fingerprint density at radius 1 is 1.47 bits per heavy atom. The molecule has 0 saturated carbocycles. The summed E-state index contributed by atoms with van der Waals surface area (Å²) in [6.07, 6.45) is 1.45. The lowest BCUT2D eigenvalue weighted by molar-refractivity contribution is -0.422. The highest BCUT2D eigenvalue weighted by Crippen LogP contribution is 2.15. The summed E-state index contributed by atoms with van der Waals surface area (Å²) in [5.41, 5.74) is 1.92. The lowest BCUT2D eigenvalue weighted by atomic mass is 10.0. The molecule has 0 aliphatic carbocycles. The number of benzene rings is 1. The number of rotatable bonds is 3. The number of carbonyl (C=O) groups excluding carboxylic acids is 1. The topological polar surface area (TPSA) is 69.4 Å². The fourth-order valence-corrected chi connectivity index (χ4v) is 1.41. The molecule has 17 heavy (non-hydrogen) atoms. The van der Waals surface area contributed by atoms with Crippen molar-refractivity contribution in [2.24, 2.45) is 0 Å². The first-order valence-electron chi connectivity index (χ1n) is 4.97. The summed E-state index contributed by atoms with van der Waals surface area (Å²) < 4.78 is 4.61. The molecule has 0 aromatic heterocycles. The zero-order valence-corrected chi connectivity index (χ0v) is 9.89. The normalized spacial score (nSPS) is 11.1. The standard InChI is InChI=1S/C12H13NO4/c1-8-6-10(7-9(2)13(15)16)4-5-11(8)12(14)17-3/h4-7H,1-3H3/b9-7+. The van der Waals surface area contributed by atoms with Gasteiger partial charge in [0.1, 0.15) is 0 Å². The predicted octanol–water partition coefficient (Wildman–Crippen LogP) is 2.42. The Balaban J connectivity index is 3.09. The molecule has 1 aromatic carbocycles. The van der Waals surface area contributed by atoms with Crippen LogP contribution in [0.4, 0.5) is 0 Å². The smallest absolute Gasteiger partial charge is 0.338 e. The molecule has 90 valence electrons. The largest absolute Gasteiger partial charge is 0.465 e. The molecule has 0 saturated heterocycles.